The second kappa shape index (κ2) is 6.62. The van der Waals surface area contributed by atoms with Crippen molar-refractivity contribution in [2.24, 2.45) is 0 Å². The molecule has 1 atom stereocenters. The number of nitrogens with one attached hydrogen (secondary N) is 2. The Bertz CT molecular complexity index is 854. The highest BCUT2D eigenvalue weighted by Gasteiger charge is 2.32. The van der Waals surface area contributed by atoms with Crippen LogP contribution in [-0.2, 0) is 14.8 Å². The number of sulfonamides is 1. The minimum atomic E-state index is -4.13. The maximum absolute atomic E-state index is 12.7. The summed E-state index contributed by atoms with van der Waals surface area (Å²) in [5, 5.41) is 16.1. The largest absolute Gasteiger partial charge is 0.495 e. The first-order valence-electron chi connectivity index (χ1n) is 7.08. The Hall–Kier alpha value is -2.39. The number of carbonyl (C=O) groups is 1. The van der Waals surface area contributed by atoms with Gasteiger partial charge in [0, 0.05) is 11.3 Å². The maximum Gasteiger partial charge on any atom is 0.326 e. The SMILES string of the molecule is COc1ccc(C)cc1S(=O)(=O)N[C@H](C(=O)O)c1c(C)n[nH]c1C. The van der Waals surface area contributed by atoms with Crippen molar-refractivity contribution < 1.29 is 23.1 Å². The molecule has 0 spiro atoms. The average molecular weight is 353 g/mol. The predicted molar refractivity (Wildman–Crippen MR) is 86.5 cm³/mol. The molecule has 130 valence electrons. The number of methoxy groups -OCH3 is 1. The van der Waals surface area contributed by atoms with Crippen LogP contribution in [0.4, 0.5) is 0 Å². The number of aryl methyl sites for hydroxylation is 3. The first-order valence-corrected chi connectivity index (χ1v) is 8.57. The molecule has 0 fully saturated rings. The lowest BCUT2D eigenvalue weighted by Crippen LogP contribution is -2.34. The van der Waals surface area contributed by atoms with Crippen LogP contribution in [0.25, 0.3) is 0 Å². The monoisotopic (exact) mass is 353 g/mol. The zero-order valence-corrected chi connectivity index (χ0v) is 14.6. The van der Waals surface area contributed by atoms with Gasteiger partial charge in [0.2, 0.25) is 10.0 Å². The molecule has 3 N–H and O–H groups in total. The van der Waals surface area contributed by atoms with E-state index in [2.05, 4.69) is 14.9 Å². The molecule has 9 heteroatoms. The number of H-pyrrole nitrogens is 1. The third kappa shape index (κ3) is 3.41. The first-order chi connectivity index (χ1) is 11.2. The third-order valence-electron chi connectivity index (χ3n) is 3.60. The second-order valence-electron chi connectivity index (χ2n) is 5.39. The fourth-order valence-electron chi connectivity index (χ4n) is 2.43. The van der Waals surface area contributed by atoms with Gasteiger partial charge in [-0.2, -0.15) is 9.82 Å². The molecule has 0 aliphatic rings. The number of hydrogen-bond acceptors (Lipinski definition) is 5. The van der Waals surface area contributed by atoms with E-state index in [1.54, 1.807) is 26.8 Å². The number of ether oxygens (including phenoxy) is 1. The summed E-state index contributed by atoms with van der Waals surface area (Å²) in [7, 11) is -2.78. The van der Waals surface area contributed by atoms with Gasteiger partial charge in [-0.15, -0.1) is 0 Å². The van der Waals surface area contributed by atoms with Crippen molar-refractivity contribution in [1.29, 1.82) is 0 Å². The Balaban J connectivity index is 2.50. The number of carboxylic acids is 1. The van der Waals surface area contributed by atoms with E-state index in [0.717, 1.165) is 0 Å². The van der Waals surface area contributed by atoms with Gasteiger partial charge < -0.3 is 9.84 Å². The van der Waals surface area contributed by atoms with E-state index < -0.39 is 22.0 Å². The number of aliphatic carboxylic acids is 1. The van der Waals surface area contributed by atoms with Gasteiger partial charge in [-0.1, -0.05) is 6.07 Å². The van der Waals surface area contributed by atoms with Crippen LogP contribution in [0.1, 0.15) is 28.6 Å². The van der Waals surface area contributed by atoms with Crippen LogP contribution in [0.2, 0.25) is 0 Å². The van der Waals surface area contributed by atoms with Crippen molar-refractivity contribution >= 4 is 16.0 Å². The van der Waals surface area contributed by atoms with E-state index >= 15 is 0 Å². The lowest BCUT2D eigenvalue weighted by atomic mass is 10.1. The van der Waals surface area contributed by atoms with Crippen LogP contribution < -0.4 is 9.46 Å². The molecule has 2 aromatic rings. The summed E-state index contributed by atoms with van der Waals surface area (Å²) in [6.45, 7) is 4.97. The van der Waals surface area contributed by atoms with Gasteiger partial charge in [0.15, 0.2) is 0 Å². The van der Waals surface area contributed by atoms with Crippen molar-refractivity contribution in [2.75, 3.05) is 7.11 Å². The summed E-state index contributed by atoms with van der Waals surface area (Å²) < 4.78 is 32.7. The fourth-order valence-corrected chi connectivity index (χ4v) is 3.84. The molecule has 0 amide bonds. The highest BCUT2D eigenvalue weighted by Crippen LogP contribution is 2.28. The van der Waals surface area contributed by atoms with Crippen LogP contribution in [0.5, 0.6) is 5.75 Å². The van der Waals surface area contributed by atoms with Crippen molar-refractivity contribution in [2.45, 2.75) is 31.7 Å². The highest BCUT2D eigenvalue weighted by atomic mass is 32.2. The van der Waals surface area contributed by atoms with Crippen molar-refractivity contribution in [3.05, 3.63) is 40.7 Å². The van der Waals surface area contributed by atoms with E-state index in [1.165, 1.54) is 19.2 Å². The smallest absolute Gasteiger partial charge is 0.326 e. The van der Waals surface area contributed by atoms with Gasteiger partial charge in [0.05, 0.1) is 12.8 Å². The number of aromatic nitrogens is 2. The summed E-state index contributed by atoms with van der Waals surface area (Å²) >= 11 is 0. The summed E-state index contributed by atoms with van der Waals surface area (Å²) in [6.07, 6.45) is 0. The van der Waals surface area contributed by atoms with Gasteiger partial charge in [0.25, 0.3) is 0 Å². The molecule has 0 saturated heterocycles. The molecule has 0 aliphatic carbocycles. The molecule has 1 aromatic heterocycles. The minimum Gasteiger partial charge on any atom is -0.495 e. The molecule has 24 heavy (non-hydrogen) atoms. The minimum absolute atomic E-state index is 0.116. The standard InChI is InChI=1S/C15H19N3O5S/c1-8-5-6-11(23-4)12(7-8)24(21,22)18-14(15(19)20)13-9(2)16-17-10(13)3/h5-7,14,18H,1-4H3,(H,16,17)(H,19,20)/t14-/m0/s1. The van der Waals surface area contributed by atoms with Crippen LogP contribution in [0.15, 0.2) is 23.1 Å². The molecule has 2 rings (SSSR count). The fraction of sp³-hybridized carbons (Fsp3) is 0.333. The second-order valence-corrected chi connectivity index (χ2v) is 7.08. The Kier molecular flexibility index (Phi) is 4.95. The number of benzene rings is 1. The molecule has 1 heterocycles. The molecule has 0 aliphatic heterocycles. The van der Waals surface area contributed by atoms with Gasteiger partial charge in [-0.05, 0) is 38.5 Å². The molecule has 1 aromatic carbocycles. The van der Waals surface area contributed by atoms with E-state index in [0.29, 0.717) is 17.0 Å². The first kappa shape index (κ1) is 18.0. The van der Waals surface area contributed by atoms with Gasteiger partial charge in [-0.3, -0.25) is 9.89 Å². The normalized spacial score (nSPS) is 12.8. The number of rotatable bonds is 6. The Morgan fingerprint density at radius 2 is 2.00 bits per heavy atom. The number of carboxylic acid groups (broad SMARTS) is 1. The lowest BCUT2D eigenvalue weighted by molar-refractivity contribution is -0.139. The lowest BCUT2D eigenvalue weighted by Gasteiger charge is -2.17. The Labute approximate surface area is 139 Å². The molecular formula is C15H19N3O5S. The van der Waals surface area contributed by atoms with E-state index in [-0.39, 0.29) is 16.2 Å². The molecule has 0 unspecified atom stereocenters. The molecule has 0 bridgehead atoms. The van der Waals surface area contributed by atoms with Crippen LogP contribution in [0, 0.1) is 20.8 Å². The van der Waals surface area contributed by atoms with E-state index in [4.69, 9.17) is 4.74 Å². The Morgan fingerprint density at radius 3 is 2.50 bits per heavy atom. The zero-order valence-electron chi connectivity index (χ0n) is 13.7. The molecule has 8 nitrogen and oxygen atoms in total. The third-order valence-corrected chi connectivity index (χ3v) is 5.05. The Morgan fingerprint density at radius 1 is 1.33 bits per heavy atom. The van der Waals surface area contributed by atoms with Crippen LogP contribution >= 0.6 is 0 Å². The van der Waals surface area contributed by atoms with E-state index in [1.807, 2.05) is 0 Å². The van der Waals surface area contributed by atoms with Gasteiger partial charge >= 0.3 is 5.97 Å². The van der Waals surface area contributed by atoms with Gasteiger partial charge in [0.1, 0.15) is 16.7 Å². The van der Waals surface area contributed by atoms with Crippen LogP contribution in [-0.4, -0.2) is 36.8 Å². The summed E-state index contributed by atoms with van der Waals surface area (Å²) in [4.78, 5) is 11.5. The quantitative estimate of drug-likeness (QED) is 0.722. The summed E-state index contributed by atoms with van der Waals surface area (Å²) in [5.74, 6) is -1.18. The molecule has 0 radical (unpaired) electrons. The number of hydrogen-bond donors (Lipinski definition) is 3. The summed E-state index contributed by atoms with van der Waals surface area (Å²) in [6, 6.07) is 3.19. The predicted octanol–water partition coefficient (Wildman–Crippen LogP) is 1.45. The van der Waals surface area contributed by atoms with Crippen molar-refractivity contribution in [3.8, 4) is 5.75 Å². The zero-order chi connectivity index (χ0) is 18.1. The van der Waals surface area contributed by atoms with Gasteiger partial charge in [-0.25, -0.2) is 8.42 Å². The highest BCUT2D eigenvalue weighted by molar-refractivity contribution is 7.89. The van der Waals surface area contributed by atoms with Crippen LogP contribution in [0.3, 0.4) is 0 Å². The molecular weight excluding hydrogens is 334 g/mol. The number of aromatic amines is 1. The van der Waals surface area contributed by atoms with E-state index in [9.17, 15) is 18.3 Å². The van der Waals surface area contributed by atoms with Crippen molar-refractivity contribution in [1.82, 2.24) is 14.9 Å². The van der Waals surface area contributed by atoms with Crippen molar-refractivity contribution in [3.63, 3.8) is 0 Å². The number of nitrogens with zero attached hydrogens (tertiary/aromatic N) is 1. The summed E-state index contributed by atoms with van der Waals surface area (Å²) in [5.41, 5.74) is 1.90. The molecule has 0 saturated carbocycles. The topological polar surface area (TPSA) is 121 Å². The average Bonchev–Trinajstić information content (AvgIpc) is 2.84. The maximum atomic E-state index is 12.7.